The fraction of sp³-hybridized carbons (Fsp3) is 0.360. The van der Waals surface area contributed by atoms with E-state index in [1.165, 1.54) is 6.07 Å². The van der Waals surface area contributed by atoms with Crippen molar-refractivity contribution in [2.75, 3.05) is 46.4 Å². The SMILES string of the molecule is COc1cccc2c([C@@H](O)CN3CCN(CCc4nc5c(F)cccc5[nH]4)CC3)ccnc12. The lowest BCUT2D eigenvalue weighted by atomic mass is 10.0. The number of imidazole rings is 1. The lowest BCUT2D eigenvalue weighted by molar-refractivity contribution is 0.0734. The minimum atomic E-state index is -0.598. The average molecular weight is 450 g/mol. The van der Waals surface area contributed by atoms with Gasteiger partial charge in [0.2, 0.25) is 0 Å². The molecule has 172 valence electrons. The highest BCUT2D eigenvalue weighted by molar-refractivity contribution is 5.87. The second-order valence-corrected chi connectivity index (χ2v) is 8.48. The van der Waals surface area contributed by atoms with E-state index in [4.69, 9.17) is 4.74 Å². The highest BCUT2D eigenvalue weighted by Gasteiger charge is 2.22. The van der Waals surface area contributed by atoms with E-state index < -0.39 is 6.10 Å². The third-order valence-electron chi connectivity index (χ3n) is 6.42. The first-order valence-electron chi connectivity index (χ1n) is 11.3. The van der Waals surface area contributed by atoms with E-state index >= 15 is 0 Å². The first-order chi connectivity index (χ1) is 16.1. The van der Waals surface area contributed by atoms with Crippen molar-refractivity contribution in [2.45, 2.75) is 12.5 Å². The Morgan fingerprint density at radius 1 is 1.06 bits per heavy atom. The number of nitrogens with one attached hydrogen (secondary N) is 1. The number of hydrogen-bond acceptors (Lipinski definition) is 6. The number of pyridine rings is 1. The Balaban J connectivity index is 1.16. The van der Waals surface area contributed by atoms with E-state index in [0.717, 1.165) is 67.0 Å². The summed E-state index contributed by atoms with van der Waals surface area (Å²) >= 11 is 0. The lowest BCUT2D eigenvalue weighted by Crippen LogP contribution is -2.48. The number of hydrogen-bond donors (Lipinski definition) is 2. The molecule has 0 spiro atoms. The summed E-state index contributed by atoms with van der Waals surface area (Å²) in [5.74, 6) is 1.23. The maximum atomic E-state index is 13.9. The molecule has 1 fully saturated rings. The Hall–Kier alpha value is -3.07. The topological polar surface area (TPSA) is 77.5 Å². The van der Waals surface area contributed by atoms with Gasteiger partial charge in [-0.1, -0.05) is 18.2 Å². The lowest BCUT2D eigenvalue weighted by Gasteiger charge is -2.35. The summed E-state index contributed by atoms with van der Waals surface area (Å²) in [6.45, 7) is 5.06. The van der Waals surface area contributed by atoms with Crippen LogP contribution in [0.4, 0.5) is 4.39 Å². The van der Waals surface area contributed by atoms with Gasteiger partial charge in [-0.2, -0.15) is 0 Å². The summed E-state index contributed by atoms with van der Waals surface area (Å²) in [6.07, 6.45) is 1.88. The second kappa shape index (κ2) is 9.43. The third kappa shape index (κ3) is 4.55. The molecular weight excluding hydrogens is 421 g/mol. The Bertz CT molecular complexity index is 1250. The molecule has 5 rings (SSSR count). The van der Waals surface area contributed by atoms with Crippen LogP contribution in [0.3, 0.4) is 0 Å². The highest BCUT2D eigenvalue weighted by Crippen LogP contribution is 2.29. The molecule has 2 aromatic carbocycles. The van der Waals surface area contributed by atoms with Gasteiger partial charge < -0.3 is 19.7 Å². The fourth-order valence-corrected chi connectivity index (χ4v) is 4.59. The molecule has 1 atom stereocenters. The smallest absolute Gasteiger partial charge is 0.151 e. The van der Waals surface area contributed by atoms with Gasteiger partial charge in [-0.25, -0.2) is 9.37 Å². The molecule has 33 heavy (non-hydrogen) atoms. The molecule has 2 N–H and O–H groups in total. The quantitative estimate of drug-likeness (QED) is 0.451. The number of para-hydroxylation sites is 2. The van der Waals surface area contributed by atoms with E-state index in [9.17, 15) is 9.50 Å². The zero-order valence-corrected chi connectivity index (χ0v) is 18.7. The molecular formula is C25H28FN5O2. The Morgan fingerprint density at radius 3 is 2.64 bits per heavy atom. The maximum absolute atomic E-state index is 13.9. The molecule has 1 saturated heterocycles. The van der Waals surface area contributed by atoms with Crippen LogP contribution in [0.2, 0.25) is 0 Å². The molecule has 0 radical (unpaired) electrons. The van der Waals surface area contributed by atoms with Crippen LogP contribution in [-0.4, -0.2) is 76.2 Å². The number of piperazine rings is 1. The number of aliphatic hydroxyl groups excluding tert-OH is 1. The van der Waals surface area contributed by atoms with Crippen LogP contribution < -0.4 is 4.74 Å². The zero-order chi connectivity index (χ0) is 22.8. The Morgan fingerprint density at radius 2 is 1.85 bits per heavy atom. The van der Waals surface area contributed by atoms with E-state index in [1.54, 1.807) is 19.4 Å². The van der Waals surface area contributed by atoms with Gasteiger partial charge in [-0.15, -0.1) is 0 Å². The number of nitrogens with zero attached hydrogens (tertiary/aromatic N) is 4. The summed E-state index contributed by atoms with van der Waals surface area (Å²) < 4.78 is 19.3. The van der Waals surface area contributed by atoms with Crippen LogP contribution in [0.25, 0.3) is 21.9 Å². The van der Waals surface area contributed by atoms with Crippen LogP contribution in [0.1, 0.15) is 17.5 Å². The molecule has 0 saturated carbocycles. The van der Waals surface area contributed by atoms with Gasteiger partial charge in [0.15, 0.2) is 5.82 Å². The highest BCUT2D eigenvalue weighted by atomic mass is 19.1. The van der Waals surface area contributed by atoms with E-state index in [0.29, 0.717) is 17.8 Å². The predicted molar refractivity (Wildman–Crippen MR) is 126 cm³/mol. The number of aromatic nitrogens is 3. The molecule has 4 aromatic rings. The monoisotopic (exact) mass is 449 g/mol. The second-order valence-electron chi connectivity index (χ2n) is 8.48. The number of fused-ring (bicyclic) bond motifs is 2. The summed E-state index contributed by atoms with van der Waals surface area (Å²) in [4.78, 5) is 16.7. The summed E-state index contributed by atoms with van der Waals surface area (Å²) in [5.41, 5.74) is 2.79. The number of aromatic amines is 1. The minimum absolute atomic E-state index is 0.289. The number of β-amino-alcohol motifs (C(OH)–C–C–N with tert-alkyl or cyclic N) is 1. The van der Waals surface area contributed by atoms with Gasteiger partial charge in [0.1, 0.15) is 22.6 Å². The van der Waals surface area contributed by atoms with Crippen molar-refractivity contribution in [3.63, 3.8) is 0 Å². The number of H-pyrrole nitrogens is 1. The first-order valence-corrected chi connectivity index (χ1v) is 11.3. The molecule has 0 amide bonds. The van der Waals surface area contributed by atoms with Gasteiger partial charge >= 0.3 is 0 Å². The van der Waals surface area contributed by atoms with Crippen LogP contribution >= 0.6 is 0 Å². The van der Waals surface area contributed by atoms with Crippen molar-refractivity contribution in [3.05, 3.63) is 65.9 Å². The van der Waals surface area contributed by atoms with Crippen molar-refractivity contribution in [2.24, 2.45) is 0 Å². The summed E-state index contributed by atoms with van der Waals surface area (Å²) in [7, 11) is 1.63. The van der Waals surface area contributed by atoms with Crippen molar-refractivity contribution in [1.82, 2.24) is 24.8 Å². The van der Waals surface area contributed by atoms with Crippen LogP contribution in [-0.2, 0) is 6.42 Å². The molecule has 0 bridgehead atoms. The molecule has 3 heterocycles. The molecule has 8 heteroatoms. The minimum Gasteiger partial charge on any atom is -0.494 e. The van der Waals surface area contributed by atoms with E-state index in [1.807, 2.05) is 30.3 Å². The molecule has 2 aromatic heterocycles. The van der Waals surface area contributed by atoms with Crippen LogP contribution in [0.15, 0.2) is 48.7 Å². The predicted octanol–water partition coefficient (Wildman–Crippen LogP) is 3.15. The van der Waals surface area contributed by atoms with Crippen molar-refractivity contribution in [3.8, 4) is 5.75 Å². The van der Waals surface area contributed by atoms with Crippen LogP contribution in [0, 0.1) is 5.82 Å². The summed E-state index contributed by atoms with van der Waals surface area (Å²) in [5, 5.41) is 11.9. The van der Waals surface area contributed by atoms with Crippen LogP contribution in [0.5, 0.6) is 5.75 Å². The van der Waals surface area contributed by atoms with Gasteiger partial charge in [0, 0.05) is 57.3 Å². The normalized spacial score (nSPS) is 16.5. The van der Waals surface area contributed by atoms with Crippen molar-refractivity contribution in [1.29, 1.82) is 0 Å². The number of ether oxygens (including phenoxy) is 1. The third-order valence-corrected chi connectivity index (χ3v) is 6.42. The van der Waals surface area contributed by atoms with E-state index in [-0.39, 0.29) is 5.82 Å². The number of rotatable bonds is 7. The Kier molecular flexibility index (Phi) is 6.22. The number of methoxy groups -OCH3 is 1. The maximum Gasteiger partial charge on any atom is 0.151 e. The molecule has 0 unspecified atom stereocenters. The molecule has 0 aliphatic carbocycles. The molecule has 7 nitrogen and oxygen atoms in total. The van der Waals surface area contributed by atoms with Crippen molar-refractivity contribution < 1.29 is 14.2 Å². The van der Waals surface area contributed by atoms with E-state index in [2.05, 4.69) is 24.8 Å². The molecule has 1 aliphatic rings. The number of halogens is 1. The van der Waals surface area contributed by atoms with Crippen molar-refractivity contribution >= 4 is 21.9 Å². The summed E-state index contributed by atoms with van der Waals surface area (Å²) in [6, 6.07) is 12.6. The first kappa shape index (κ1) is 21.8. The van der Waals surface area contributed by atoms with Gasteiger partial charge in [0.25, 0.3) is 0 Å². The standard InChI is InChI=1S/C25H28FN5O2/c1-33-22-7-2-4-18-17(8-10-27-24(18)22)21(32)16-31-14-12-30(13-15-31)11-9-23-28-20-6-3-5-19(26)25(20)29-23/h2-8,10,21,32H,9,11-16H2,1H3,(H,28,29)/t21-/m0/s1. The number of benzene rings is 2. The van der Waals surface area contributed by atoms with Gasteiger partial charge in [0.05, 0.1) is 18.7 Å². The zero-order valence-electron chi connectivity index (χ0n) is 18.7. The number of aliphatic hydroxyl groups is 1. The molecule has 1 aliphatic heterocycles. The van der Waals surface area contributed by atoms with Gasteiger partial charge in [-0.3, -0.25) is 9.88 Å². The average Bonchev–Trinajstić information content (AvgIpc) is 3.27. The Labute approximate surface area is 191 Å². The van der Waals surface area contributed by atoms with Gasteiger partial charge in [-0.05, 0) is 29.8 Å². The largest absolute Gasteiger partial charge is 0.494 e. The fourth-order valence-electron chi connectivity index (χ4n) is 4.59.